The van der Waals surface area contributed by atoms with Crippen molar-refractivity contribution < 1.29 is 0 Å². The van der Waals surface area contributed by atoms with Crippen molar-refractivity contribution in [2.24, 2.45) is 296 Å². The quantitative estimate of drug-likeness (QED) is 0.238. The van der Waals surface area contributed by atoms with Gasteiger partial charge in [-0.1, -0.05) is 316 Å². The Morgan fingerprint density at radius 3 is 0.530 bits per heavy atom. The number of rotatable bonds is 7. The molecule has 0 heterocycles. The Bertz CT molecular complexity index is 2310. The number of hydrogen-bond donors (Lipinski definition) is 0. The van der Waals surface area contributed by atoms with Gasteiger partial charge in [0.15, 0.2) is 0 Å². The van der Waals surface area contributed by atoms with Crippen molar-refractivity contribution in [3.8, 4) is 0 Å². The van der Waals surface area contributed by atoms with Crippen molar-refractivity contribution in [3.05, 3.63) is 0 Å². The van der Waals surface area contributed by atoms with Crippen LogP contribution in [0.15, 0.2) is 0 Å². The van der Waals surface area contributed by atoms with Crippen LogP contribution >= 0.6 is 0 Å². The minimum atomic E-state index is 0.911. The lowest BCUT2D eigenvalue weighted by Crippen LogP contribution is -2.48. The molecule has 0 aromatic rings. The van der Waals surface area contributed by atoms with Gasteiger partial charge < -0.3 is 0 Å². The zero-order valence-electron chi connectivity index (χ0n) is 87.1. The maximum Gasteiger partial charge on any atom is -0.0324 e. The molecule has 0 spiro atoms. The second-order valence-electron chi connectivity index (χ2n) is 51.1. The van der Waals surface area contributed by atoms with Gasteiger partial charge in [0.05, 0.1) is 0 Å². The molecule has 12 aliphatic carbocycles. The molecule has 12 fully saturated rings. The summed E-state index contributed by atoms with van der Waals surface area (Å²) >= 11 is 0. The fourth-order valence-corrected chi connectivity index (χ4v) is 30.5. The Hall–Kier alpha value is 0. The molecule has 12 saturated carbocycles. The molecule has 0 nitrogen and oxygen atoms in total. The van der Waals surface area contributed by atoms with Crippen molar-refractivity contribution in [1.29, 1.82) is 0 Å². The third kappa shape index (κ3) is 30.1. The Morgan fingerprint density at radius 2 is 0.296 bits per heavy atom. The second-order valence-corrected chi connectivity index (χ2v) is 51.1. The van der Waals surface area contributed by atoms with Crippen molar-refractivity contribution in [1.82, 2.24) is 0 Å². The molecule has 0 heteroatoms. The first-order chi connectivity index (χ1) is 53.4. The summed E-state index contributed by atoms with van der Waals surface area (Å²) in [6, 6.07) is 0. The van der Waals surface area contributed by atoms with Gasteiger partial charge in [0, 0.05) is 0 Å². The van der Waals surface area contributed by atoms with Crippen LogP contribution in [-0.4, -0.2) is 0 Å². The van der Waals surface area contributed by atoms with Crippen molar-refractivity contribution >= 4 is 0 Å². The lowest BCUT2D eigenvalue weighted by atomic mass is 9.51. The van der Waals surface area contributed by atoms with Crippen LogP contribution in [0.4, 0.5) is 0 Å². The summed E-state index contributed by atoms with van der Waals surface area (Å²) in [6.45, 7) is 104. The van der Waals surface area contributed by atoms with E-state index in [1.54, 1.807) is 0 Å². The molecule has 0 aromatic heterocycles. The van der Waals surface area contributed by atoms with Gasteiger partial charge in [0.1, 0.15) is 0 Å². The number of hydrogen-bond acceptors (Lipinski definition) is 0. The van der Waals surface area contributed by atoms with Crippen molar-refractivity contribution in [2.45, 2.75) is 438 Å². The smallest absolute Gasteiger partial charge is 0.0324 e. The molecule has 0 bridgehead atoms. The third-order valence-corrected chi connectivity index (χ3v) is 42.2. The van der Waals surface area contributed by atoms with Crippen molar-refractivity contribution in [2.75, 3.05) is 0 Å². The van der Waals surface area contributed by atoms with Crippen LogP contribution in [0, 0.1) is 296 Å². The summed E-state index contributed by atoms with van der Waals surface area (Å²) in [7, 11) is 0. The molecule has 0 radical (unpaired) electrons. The topological polar surface area (TPSA) is 0 Å². The Labute approximate surface area is 729 Å². The molecule has 0 amide bonds. The largest absolute Gasteiger partial charge is 0.0625 e. The van der Waals surface area contributed by atoms with Gasteiger partial charge in [-0.3, -0.25) is 0 Å². The molecule has 0 aliphatic heterocycles. The van der Waals surface area contributed by atoms with E-state index in [0.29, 0.717) is 0 Å². The summed E-state index contributed by atoms with van der Waals surface area (Å²) in [5.74, 6) is 47.6. The molecule has 32 atom stereocenters. The summed E-state index contributed by atoms with van der Waals surface area (Å²) in [6.07, 6.45) is 33.9. The fourth-order valence-electron chi connectivity index (χ4n) is 30.5. The Kier molecular flexibility index (Phi) is 44.6. The minimum Gasteiger partial charge on any atom is -0.0625 e. The van der Waals surface area contributed by atoms with Gasteiger partial charge in [-0.2, -0.15) is 0 Å². The first-order valence-electron chi connectivity index (χ1n) is 53.4. The molecule has 12 aliphatic rings. The average molecular weight is 1610 g/mol. The van der Waals surface area contributed by atoms with Gasteiger partial charge in [-0.15, -0.1) is 0 Å². The van der Waals surface area contributed by atoms with E-state index in [1.807, 2.05) is 0 Å². The van der Waals surface area contributed by atoms with E-state index in [9.17, 15) is 0 Å². The van der Waals surface area contributed by atoms with E-state index < -0.39 is 0 Å². The van der Waals surface area contributed by atoms with Crippen LogP contribution in [0.25, 0.3) is 0 Å². The summed E-state index contributed by atoms with van der Waals surface area (Å²) in [5, 5.41) is 0. The summed E-state index contributed by atoms with van der Waals surface area (Å²) < 4.78 is 0. The van der Waals surface area contributed by atoms with Crippen LogP contribution in [0.3, 0.4) is 0 Å². The molecule has 0 aromatic carbocycles. The Morgan fingerprint density at radius 1 is 0.122 bits per heavy atom. The highest BCUT2D eigenvalue weighted by Crippen LogP contribution is 2.57. The second kappa shape index (κ2) is 48.6. The van der Waals surface area contributed by atoms with Crippen LogP contribution < -0.4 is 0 Å². The molecule has 115 heavy (non-hydrogen) atoms. The van der Waals surface area contributed by atoms with Crippen LogP contribution in [0.2, 0.25) is 0 Å². The first-order valence-corrected chi connectivity index (χ1v) is 53.4. The van der Waals surface area contributed by atoms with Gasteiger partial charge in [-0.25, -0.2) is 0 Å². The highest BCUT2D eigenvalue weighted by atomic mass is 14.5. The molecular weight excluding hydrogens is 1380 g/mol. The zero-order chi connectivity index (χ0) is 87.1. The Balaban J connectivity index is 0.000000240. The van der Waals surface area contributed by atoms with E-state index in [2.05, 4.69) is 291 Å². The van der Waals surface area contributed by atoms with E-state index in [1.165, 1.54) is 148 Å². The monoisotopic (exact) mass is 1600 g/mol. The van der Waals surface area contributed by atoms with Crippen LogP contribution in [0.5, 0.6) is 0 Å². The normalized spacial score (nSPS) is 52.5. The standard InChI is InChI=1S/C21H40.C20H38.C19H36.C18H34.2C10H20.C9H18.C8H16/c1-12-9-13(2)17(6)20(16(12)5)11-21-18(7)14(3)10-15(4)19(21)8;1-11-9-12(2)16(6)19(15(11)5)20-17(7)13(3)10-14(4)18(20)8;1-12-7-13(2)9-18(8-12)11-19-16(5)14(3)10-15(4)17(19)6;1-12-6-8-17(9-7-12)11-18-15(4)13(2)10-14(3)16(18)5;1-7-5-9(3)10(4)6-8(7)2;1-7-5-8(2)10(4)9(3)6-7;1-7-4-8(2)6-9(3)5-7;1-5-6(2)8(4)7(5)3/h12-21H,9-11H2,1-8H3;11-20H,9-10H2,1-8H3;12-19H,7-11H2,1-6H3;12-18H,6-11H2,1-5H3;2*7-10H,5-6H2,1-4H3;7-9H,4-6H2,1-3H3;5-8H,1-4H3. The molecule has 32 unspecified atom stereocenters. The van der Waals surface area contributed by atoms with Crippen LogP contribution in [0.1, 0.15) is 438 Å². The van der Waals surface area contributed by atoms with E-state index in [-0.39, 0.29) is 0 Å². The predicted octanol–water partition coefficient (Wildman–Crippen LogP) is 36.7. The fraction of sp³-hybridized carbons (Fsp3) is 1.00. The van der Waals surface area contributed by atoms with Crippen LogP contribution in [-0.2, 0) is 0 Å². The molecule has 0 N–H and O–H groups in total. The molecule has 0 saturated heterocycles. The maximum absolute atomic E-state index is 2.56. The minimum absolute atomic E-state index is 0.911. The maximum atomic E-state index is 2.56. The summed E-state index contributed by atoms with van der Waals surface area (Å²) in [4.78, 5) is 0. The van der Waals surface area contributed by atoms with Gasteiger partial charge in [0.2, 0.25) is 0 Å². The van der Waals surface area contributed by atoms with E-state index in [4.69, 9.17) is 0 Å². The molecule has 682 valence electrons. The SMILES string of the molecule is CC1C(C)C(C)C1C.CC1CC(C)C(C)C(C)C1.CC1CC(C)C(C)C(C2C(C)C(C)CC(C)C2C)C1C.CC1CC(C)C(C)C(CC2C(C)C(C)CC(C)C2C)C1C.CC1CC(C)C(C)CC1C.CC1CC(C)CC(C)C1.CC1CC(C)CC(CC2C(C)C(C)CC(C)C2C)C1.CC1CCC(CC2C(C)C(C)CC(C)C2C)CC1. The highest BCUT2D eigenvalue weighted by Gasteiger charge is 2.50. The third-order valence-electron chi connectivity index (χ3n) is 42.2. The average Bonchev–Trinajstić information content (AvgIpc) is 0.765. The molecule has 12 rings (SSSR count). The highest BCUT2D eigenvalue weighted by molar-refractivity contribution is 4.98. The summed E-state index contributed by atoms with van der Waals surface area (Å²) in [5.41, 5.74) is 0. The van der Waals surface area contributed by atoms with Gasteiger partial charge in [-0.05, 0) is 418 Å². The first kappa shape index (κ1) is 106. The molecular formula is C115H222. The van der Waals surface area contributed by atoms with E-state index in [0.717, 1.165) is 296 Å². The predicted molar refractivity (Wildman–Crippen MR) is 519 cm³/mol. The van der Waals surface area contributed by atoms with Gasteiger partial charge in [0.25, 0.3) is 0 Å². The van der Waals surface area contributed by atoms with E-state index >= 15 is 0 Å². The lowest BCUT2D eigenvalue weighted by molar-refractivity contribution is -0.0560. The van der Waals surface area contributed by atoms with Crippen molar-refractivity contribution in [3.63, 3.8) is 0 Å². The zero-order valence-corrected chi connectivity index (χ0v) is 87.1. The van der Waals surface area contributed by atoms with Gasteiger partial charge >= 0.3 is 0 Å². The lowest BCUT2D eigenvalue weighted by Gasteiger charge is -2.54.